The van der Waals surface area contributed by atoms with Crippen LogP contribution in [0.15, 0.2) is 0 Å². The van der Waals surface area contributed by atoms with Gasteiger partial charge < -0.3 is 11.1 Å². The molecular formula is C16H27N3OS. The van der Waals surface area contributed by atoms with Crippen LogP contribution in [0.1, 0.15) is 62.4 Å². The van der Waals surface area contributed by atoms with Crippen molar-refractivity contribution in [3.05, 3.63) is 10.6 Å². The minimum Gasteiger partial charge on any atom is -0.330 e. The number of aryl methyl sites for hydroxylation is 2. The first kappa shape index (κ1) is 16.4. The minimum atomic E-state index is 0.0965. The predicted molar refractivity (Wildman–Crippen MR) is 88.7 cm³/mol. The van der Waals surface area contributed by atoms with Gasteiger partial charge in [-0.1, -0.05) is 19.8 Å². The Morgan fingerprint density at radius 3 is 2.86 bits per heavy atom. The third-order valence-corrected chi connectivity index (χ3v) is 5.22. The number of thiazole rings is 1. The molecule has 1 atom stereocenters. The van der Waals surface area contributed by atoms with Crippen molar-refractivity contribution in [3.63, 3.8) is 0 Å². The van der Waals surface area contributed by atoms with Crippen LogP contribution < -0.4 is 11.1 Å². The quantitative estimate of drug-likeness (QED) is 0.772. The molecule has 0 aromatic carbocycles. The Morgan fingerprint density at radius 2 is 2.14 bits per heavy atom. The number of nitrogens with zero attached hydrogens (tertiary/aromatic N) is 1. The van der Waals surface area contributed by atoms with E-state index in [0.717, 1.165) is 43.7 Å². The summed E-state index contributed by atoms with van der Waals surface area (Å²) < 4.78 is 0. The number of rotatable bonds is 8. The third kappa shape index (κ3) is 5.08. The molecule has 118 valence electrons. The molecule has 0 saturated carbocycles. The van der Waals surface area contributed by atoms with E-state index >= 15 is 0 Å². The molecule has 1 aliphatic carbocycles. The number of hydrogen-bond donors (Lipinski definition) is 2. The van der Waals surface area contributed by atoms with Gasteiger partial charge in [0.25, 0.3) is 0 Å². The van der Waals surface area contributed by atoms with E-state index < -0.39 is 0 Å². The summed E-state index contributed by atoms with van der Waals surface area (Å²) in [6.45, 7) is 2.90. The molecule has 5 heteroatoms. The summed E-state index contributed by atoms with van der Waals surface area (Å²) in [5.74, 6) is 0.675. The second kappa shape index (κ2) is 8.49. The largest absolute Gasteiger partial charge is 0.330 e. The number of anilines is 1. The van der Waals surface area contributed by atoms with Gasteiger partial charge in [-0.2, -0.15) is 0 Å². The van der Waals surface area contributed by atoms with Crippen LogP contribution >= 0.6 is 11.3 Å². The SMILES string of the molecule is CCCC(CCN)CCC(=O)Nc1nc2c(s1)CCCC2. The first-order chi connectivity index (χ1) is 10.2. The summed E-state index contributed by atoms with van der Waals surface area (Å²) in [5, 5.41) is 3.77. The lowest BCUT2D eigenvalue weighted by atomic mass is 9.94. The Balaban J connectivity index is 1.79. The number of carbonyl (C=O) groups excluding carboxylic acids is 1. The van der Waals surface area contributed by atoms with Gasteiger partial charge in [0, 0.05) is 11.3 Å². The van der Waals surface area contributed by atoms with Gasteiger partial charge in [0.05, 0.1) is 5.69 Å². The van der Waals surface area contributed by atoms with Gasteiger partial charge in [-0.3, -0.25) is 4.79 Å². The molecule has 0 aliphatic heterocycles. The smallest absolute Gasteiger partial charge is 0.226 e. The van der Waals surface area contributed by atoms with Crippen molar-refractivity contribution >= 4 is 22.4 Å². The van der Waals surface area contributed by atoms with E-state index in [9.17, 15) is 4.79 Å². The van der Waals surface area contributed by atoms with Crippen molar-refractivity contribution in [1.29, 1.82) is 0 Å². The monoisotopic (exact) mass is 309 g/mol. The molecule has 1 unspecified atom stereocenters. The first-order valence-corrected chi connectivity index (χ1v) is 9.03. The lowest BCUT2D eigenvalue weighted by molar-refractivity contribution is -0.116. The number of amides is 1. The molecule has 0 saturated heterocycles. The molecule has 0 bridgehead atoms. The molecule has 0 spiro atoms. The zero-order valence-electron chi connectivity index (χ0n) is 13.0. The summed E-state index contributed by atoms with van der Waals surface area (Å²) in [4.78, 5) is 18.0. The van der Waals surface area contributed by atoms with Crippen molar-refractivity contribution in [2.45, 2.75) is 64.7 Å². The minimum absolute atomic E-state index is 0.0965. The van der Waals surface area contributed by atoms with Crippen molar-refractivity contribution in [2.24, 2.45) is 11.7 Å². The maximum absolute atomic E-state index is 12.1. The van der Waals surface area contributed by atoms with Crippen LogP contribution in [0.25, 0.3) is 0 Å². The van der Waals surface area contributed by atoms with Gasteiger partial charge in [-0.15, -0.1) is 11.3 Å². The maximum Gasteiger partial charge on any atom is 0.226 e. The summed E-state index contributed by atoms with van der Waals surface area (Å²) >= 11 is 1.66. The van der Waals surface area contributed by atoms with Crippen LogP contribution in [0, 0.1) is 5.92 Å². The lowest BCUT2D eigenvalue weighted by Gasteiger charge is -2.14. The molecule has 1 aliphatic rings. The highest BCUT2D eigenvalue weighted by Crippen LogP contribution is 2.29. The highest BCUT2D eigenvalue weighted by molar-refractivity contribution is 7.15. The topological polar surface area (TPSA) is 68.0 Å². The molecular weight excluding hydrogens is 282 g/mol. The molecule has 0 radical (unpaired) electrons. The molecule has 4 nitrogen and oxygen atoms in total. The Bertz CT molecular complexity index is 429. The average molecular weight is 309 g/mol. The van der Waals surface area contributed by atoms with E-state index in [1.807, 2.05) is 0 Å². The lowest BCUT2D eigenvalue weighted by Crippen LogP contribution is -2.15. The molecule has 3 N–H and O–H groups in total. The van der Waals surface area contributed by atoms with Gasteiger partial charge in [0.1, 0.15) is 0 Å². The zero-order valence-corrected chi connectivity index (χ0v) is 13.8. The number of carbonyl (C=O) groups is 1. The Hall–Kier alpha value is -0.940. The summed E-state index contributed by atoms with van der Waals surface area (Å²) in [7, 11) is 0. The van der Waals surface area contributed by atoms with Crippen LogP contribution in [0.4, 0.5) is 5.13 Å². The number of nitrogens with two attached hydrogens (primary N) is 1. The zero-order chi connectivity index (χ0) is 15.1. The molecule has 1 aromatic rings. The van der Waals surface area contributed by atoms with Gasteiger partial charge in [0.15, 0.2) is 5.13 Å². The summed E-state index contributed by atoms with van der Waals surface area (Å²) in [6, 6.07) is 0. The number of fused-ring (bicyclic) bond motifs is 1. The van der Waals surface area contributed by atoms with E-state index in [2.05, 4.69) is 17.2 Å². The Kier molecular flexibility index (Phi) is 6.64. The van der Waals surface area contributed by atoms with Crippen LogP contribution in [0.2, 0.25) is 0 Å². The third-order valence-electron chi connectivity index (χ3n) is 4.14. The van der Waals surface area contributed by atoms with Gasteiger partial charge in [-0.05, 0) is 51.0 Å². The molecule has 21 heavy (non-hydrogen) atoms. The fourth-order valence-corrected chi connectivity index (χ4v) is 4.07. The summed E-state index contributed by atoms with van der Waals surface area (Å²) in [5.41, 5.74) is 6.84. The summed E-state index contributed by atoms with van der Waals surface area (Å²) in [6.07, 6.45) is 9.52. The van der Waals surface area contributed by atoms with Crippen molar-refractivity contribution in [1.82, 2.24) is 4.98 Å². The van der Waals surface area contributed by atoms with Crippen LogP contribution in [-0.4, -0.2) is 17.4 Å². The van der Waals surface area contributed by atoms with Crippen molar-refractivity contribution in [2.75, 3.05) is 11.9 Å². The van der Waals surface area contributed by atoms with E-state index in [1.165, 1.54) is 23.4 Å². The van der Waals surface area contributed by atoms with Gasteiger partial charge in [0.2, 0.25) is 5.91 Å². The normalized spacial score (nSPS) is 15.5. The van der Waals surface area contributed by atoms with E-state index in [-0.39, 0.29) is 5.91 Å². The Labute approximate surface area is 131 Å². The Morgan fingerprint density at radius 1 is 1.33 bits per heavy atom. The number of aromatic nitrogens is 1. The average Bonchev–Trinajstić information content (AvgIpc) is 2.87. The predicted octanol–water partition coefficient (Wildman–Crippen LogP) is 3.51. The second-order valence-corrected chi connectivity index (χ2v) is 7.00. The number of hydrogen-bond acceptors (Lipinski definition) is 4. The first-order valence-electron chi connectivity index (χ1n) is 8.21. The standard InChI is InChI=1S/C16H27N3OS/c1-2-5-12(10-11-17)8-9-15(20)19-16-18-13-6-3-4-7-14(13)21-16/h12H,2-11,17H2,1H3,(H,18,19,20). The molecule has 0 fully saturated rings. The fraction of sp³-hybridized carbons (Fsp3) is 0.750. The highest BCUT2D eigenvalue weighted by Gasteiger charge is 2.17. The number of nitrogens with one attached hydrogen (secondary N) is 1. The van der Waals surface area contributed by atoms with E-state index in [1.54, 1.807) is 11.3 Å². The van der Waals surface area contributed by atoms with E-state index in [0.29, 0.717) is 18.9 Å². The highest BCUT2D eigenvalue weighted by atomic mass is 32.1. The van der Waals surface area contributed by atoms with Crippen LogP contribution in [0.3, 0.4) is 0 Å². The van der Waals surface area contributed by atoms with Crippen molar-refractivity contribution < 1.29 is 4.79 Å². The van der Waals surface area contributed by atoms with Crippen molar-refractivity contribution in [3.8, 4) is 0 Å². The maximum atomic E-state index is 12.1. The molecule has 1 aromatic heterocycles. The second-order valence-electron chi connectivity index (χ2n) is 5.91. The fourth-order valence-electron chi connectivity index (χ4n) is 3.00. The van der Waals surface area contributed by atoms with Crippen LogP contribution in [-0.2, 0) is 17.6 Å². The van der Waals surface area contributed by atoms with Gasteiger partial charge >= 0.3 is 0 Å². The van der Waals surface area contributed by atoms with Crippen LogP contribution in [0.5, 0.6) is 0 Å². The molecule has 1 amide bonds. The van der Waals surface area contributed by atoms with E-state index in [4.69, 9.17) is 5.73 Å². The molecule has 2 rings (SSSR count). The molecule has 1 heterocycles. The van der Waals surface area contributed by atoms with Gasteiger partial charge in [-0.25, -0.2) is 4.98 Å².